The third-order valence-corrected chi connectivity index (χ3v) is 9.65. The van der Waals surface area contributed by atoms with E-state index in [1.165, 1.54) is 13.8 Å². The summed E-state index contributed by atoms with van der Waals surface area (Å²) in [5.41, 5.74) is 0. The Morgan fingerprint density at radius 2 is 1.40 bits per heavy atom. The van der Waals surface area contributed by atoms with Crippen LogP contribution in [0.5, 0.6) is 0 Å². The summed E-state index contributed by atoms with van der Waals surface area (Å²) < 4.78 is 51.3. The number of carbonyl (C=O) groups is 1. The van der Waals surface area contributed by atoms with E-state index in [9.17, 15) is 21.6 Å². The lowest BCUT2D eigenvalue weighted by molar-refractivity contribution is -0.148. The lowest BCUT2D eigenvalue weighted by atomic mass is 9.85. The van der Waals surface area contributed by atoms with Crippen molar-refractivity contribution < 1.29 is 26.4 Å². The summed E-state index contributed by atoms with van der Waals surface area (Å²) in [6.45, 7) is 2.61. The van der Waals surface area contributed by atoms with E-state index in [0.29, 0.717) is 25.7 Å². The molecule has 118 valence electrons. The van der Waals surface area contributed by atoms with Gasteiger partial charge in [-0.15, -0.1) is 0 Å². The van der Waals surface area contributed by atoms with Crippen molar-refractivity contribution >= 4 is 25.6 Å². The van der Waals surface area contributed by atoms with Gasteiger partial charge in [-0.05, 0) is 38.5 Å². The van der Waals surface area contributed by atoms with Gasteiger partial charge in [-0.3, -0.25) is 4.79 Å². The van der Waals surface area contributed by atoms with Crippen molar-refractivity contribution in [2.24, 2.45) is 5.92 Å². The molecule has 0 aromatic carbocycles. The second-order valence-corrected chi connectivity index (χ2v) is 10.7. The van der Waals surface area contributed by atoms with Crippen LogP contribution in [0.2, 0.25) is 0 Å². The van der Waals surface area contributed by atoms with E-state index in [1.807, 2.05) is 0 Å². The minimum Gasteiger partial charge on any atom is -0.463 e. The second kappa shape index (κ2) is 5.63. The number of rotatable bonds is 4. The van der Waals surface area contributed by atoms with E-state index in [4.69, 9.17) is 4.74 Å². The van der Waals surface area contributed by atoms with Crippen molar-refractivity contribution in [2.75, 3.05) is 12.5 Å². The Kier molecular flexibility index (Phi) is 4.91. The van der Waals surface area contributed by atoms with Gasteiger partial charge in [-0.2, -0.15) is 0 Å². The molecule has 0 atom stereocenters. The predicted molar refractivity (Wildman–Crippen MR) is 75.6 cm³/mol. The standard InChI is InChI=1S/C12H22O6S2/c1-9(13)18-11-7-5-10(6-8-11)12(2,19(3,14)15)20(4,16)17/h10-11H,5-8H2,1-4H3. The Labute approximate surface area is 120 Å². The molecule has 0 radical (unpaired) electrons. The van der Waals surface area contributed by atoms with Crippen molar-refractivity contribution in [2.45, 2.75) is 49.7 Å². The summed E-state index contributed by atoms with van der Waals surface area (Å²) in [5, 5.41) is 0. The van der Waals surface area contributed by atoms with Gasteiger partial charge in [0.15, 0.2) is 23.8 Å². The third kappa shape index (κ3) is 3.33. The average Bonchev–Trinajstić information content (AvgIpc) is 2.25. The highest BCUT2D eigenvalue weighted by atomic mass is 32.3. The molecule has 1 aliphatic rings. The number of esters is 1. The molecule has 0 N–H and O–H groups in total. The maximum Gasteiger partial charge on any atom is 0.302 e. The van der Waals surface area contributed by atoms with Crippen LogP contribution in [0, 0.1) is 5.92 Å². The van der Waals surface area contributed by atoms with Crippen LogP contribution in [0.25, 0.3) is 0 Å². The monoisotopic (exact) mass is 326 g/mol. The fraction of sp³-hybridized carbons (Fsp3) is 0.917. The van der Waals surface area contributed by atoms with Crippen molar-refractivity contribution in [1.82, 2.24) is 0 Å². The van der Waals surface area contributed by atoms with Gasteiger partial charge in [-0.25, -0.2) is 16.8 Å². The van der Waals surface area contributed by atoms with Gasteiger partial charge in [0.05, 0.1) is 0 Å². The summed E-state index contributed by atoms with van der Waals surface area (Å²) in [7, 11) is -7.52. The summed E-state index contributed by atoms with van der Waals surface area (Å²) in [6, 6.07) is 0. The number of sulfone groups is 2. The molecule has 1 fully saturated rings. The van der Waals surface area contributed by atoms with E-state index in [2.05, 4.69) is 0 Å². The lowest BCUT2D eigenvalue weighted by Crippen LogP contribution is -2.50. The fourth-order valence-corrected chi connectivity index (χ4v) is 6.70. The van der Waals surface area contributed by atoms with Gasteiger partial charge < -0.3 is 4.74 Å². The SMILES string of the molecule is CC(=O)OC1CCC(C(C)(S(C)(=O)=O)S(C)(=O)=O)CC1. The number of ether oxygens (including phenoxy) is 1. The van der Waals surface area contributed by atoms with E-state index in [0.717, 1.165) is 12.5 Å². The zero-order valence-electron chi connectivity index (χ0n) is 12.2. The normalized spacial score (nSPS) is 25.2. The topological polar surface area (TPSA) is 94.6 Å². The van der Waals surface area contributed by atoms with Crippen LogP contribution in [0.15, 0.2) is 0 Å². The number of carbonyl (C=O) groups excluding carboxylic acids is 1. The molecular formula is C12H22O6S2. The Morgan fingerprint density at radius 3 is 1.70 bits per heavy atom. The zero-order chi connectivity index (χ0) is 15.8. The number of hydrogen-bond acceptors (Lipinski definition) is 6. The molecule has 0 heterocycles. The highest BCUT2D eigenvalue weighted by molar-refractivity contribution is 8.09. The van der Waals surface area contributed by atoms with Gasteiger partial charge in [-0.1, -0.05) is 0 Å². The molecule has 0 aromatic rings. The quantitative estimate of drug-likeness (QED) is 0.713. The van der Waals surface area contributed by atoms with Crippen LogP contribution in [-0.2, 0) is 29.2 Å². The average molecular weight is 326 g/mol. The highest BCUT2D eigenvalue weighted by Crippen LogP contribution is 2.41. The van der Waals surface area contributed by atoms with E-state index in [-0.39, 0.29) is 12.1 Å². The molecule has 0 aliphatic heterocycles. The van der Waals surface area contributed by atoms with Gasteiger partial charge in [0.1, 0.15) is 6.10 Å². The summed E-state index contributed by atoms with van der Waals surface area (Å²) >= 11 is 0. The Hall–Kier alpha value is -0.630. The van der Waals surface area contributed by atoms with Crippen molar-refractivity contribution in [3.05, 3.63) is 0 Å². The van der Waals surface area contributed by atoms with Crippen LogP contribution in [-0.4, -0.2) is 45.5 Å². The first kappa shape index (κ1) is 17.4. The first-order chi connectivity index (χ1) is 8.89. The first-order valence-electron chi connectivity index (χ1n) is 6.46. The Morgan fingerprint density at radius 1 is 1.00 bits per heavy atom. The zero-order valence-corrected chi connectivity index (χ0v) is 13.9. The molecule has 1 saturated carbocycles. The molecule has 0 aromatic heterocycles. The fourth-order valence-electron chi connectivity index (χ4n) is 2.82. The molecule has 8 heteroatoms. The van der Waals surface area contributed by atoms with Gasteiger partial charge in [0.2, 0.25) is 0 Å². The molecular weight excluding hydrogens is 304 g/mol. The Bertz CT molecular complexity index is 535. The summed E-state index contributed by atoms with van der Waals surface area (Å²) in [5.74, 6) is -0.846. The second-order valence-electron chi connectivity index (χ2n) is 5.64. The van der Waals surface area contributed by atoms with Crippen LogP contribution in [0.3, 0.4) is 0 Å². The summed E-state index contributed by atoms with van der Waals surface area (Å²) in [6.07, 6.45) is 3.49. The molecule has 1 rings (SSSR count). The van der Waals surface area contributed by atoms with Crippen LogP contribution in [0.1, 0.15) is 39.5 Å². The smallest absolute Gasteiger partial charge is 0.302 e. The minimum absolute atomic E-state index is 0.243. The largest absolute Gasteiger partial charge is 0.463 e. The molecule has 0 amide bonds. The van der Waals surface area contributed by atoms with Crippen LogP contribution >= 0.6 is 0 Å². The molecule has 20 heavy (non-hydrogen) atoms. The first-order valence-corrected chi connectivity index (χ1v) is 10.2. The third-order valence-electron chi connectivity index (χ3n) is 4.22. The maximum atomic E-state index is 12.0. The molecule has 6 nitrogen and oxygen atoms in total. The minimum atomic E-state index is -3.76. The maximum absolute atomic E-state index is 12.0. The van der Waals surface area contributed by atoms with Crippen molar-refractivity contribution in [3.8, 4) is 0 Å². The van der Waals surface area contributed by atoms with E-state index < -0.39 is 29.7 Å². The molecule has 0 saturated heterocycles. The van der Waals surface area contributed by atoms with Crippen molar-refractivity contribution in [3.63, 3.8) is 0 Å². The molecule has 1 aliphatic carbocycles. The van der Waals surface area contributed by atoms with E-state index >= 15 is 0 Å². The van der Waals surface area contributed by atoms with Gasteiger partial charge >= 0.3 is 5.97 Å². The van der Waals surface area contributed by atoms with Crippen molar-refractivity contribution in [1.29, 1.82) is 0 Å². The molecule has 0 bridgehead atoms. The predicted octanol–water partition coefficient (Wildman–Crippen LogP) is 0.914. The molecule has 0 spiro atoms. The number of hydrogen-bond donors (Lipinski definition) is 0. The van der Waals surface area contributed by atoms with Gasteiger partial charge in [0.25, 0.3) is 0 Å². The van der Waals surface area contributed by atoms with Gasteiger partial charge in [0, 0.05) is 19.4 Å². The lowest BCUT2D eigenvalue weighted by Gasteiger charge is -2.38. The summed E-state index contributed by atoms with van der Waals surface area (Å²) in [4.78, 5) is 10.9. The van der Waals surface area contributed by atoms with Crippen LogP contribution < -0.4 is 0 Å². The van der Waals surface area contributed by atoms with Crippen LogP contribution in [0.4, 0.5) is 0 Å². The molecule has 0 unspecified atom stereocenters. The highest BCUT2D eigenvalue weighted by Gasteiger charge is 2.52. The van der Waals surface area contributed by atoms with E-state index in [1.54, 1.807) is 0 Å². The Balaban J connectivity index is 2.97.